The van der Waals surface area contributed by atoms with Gasteiger partial charge in [-0.25, -0.2) is 4.98 Å². The number of H-pyrrole nitrogens is 1. The van der Waals surface area contributed by atoms with Gasteiger partial charge in [0, 0.05) is 25.6 Å². The zero-order valence-electron chi connectivity index (χ0n) is 10.5. The van der Waals surface area contributed by atoms with Crippen molar-refractivity contribution in [2.75, 3.05) is 19.6 Å². The van der Waals surface area contributed by atoms with Gasteiger partial charge in [0.1, 0.15) is 5.82 Å². The first kappa shape index (κ1) is 12.0. The Morgan fingerprint density at radius 1 is 1.53 bits per heavy atom. The van der Waals surface area contributed by atoms with E-state index in [-0.39, 0.29) is 23.7 Å². The highest BCUT2D eigenvalue weighted by molar-refractivity contribution is 5.90. The monoisotopic (exact) mass is 237 g/mol. The van der Waals surface area contributed by atoms with Crippen molar-refractivity contribution in [3.63, 3.8) is 0 Å². The zero-order chi connectivity index (χ0) is 12.4. The molecule has 0 aliphatic carbocycles. The van der Waals surface area contributed by atoms with Crippen LogP contribution in [0.25, 0.3) is 0 Å². The third-order valence-corrected chi connectivity index (χ3v) is 3.04. The normalized spacial score (nSPS) is 16.0. The summed E-state index contributed by atoms with van der Waals surface area (Å²) < 4.78 is 0. The molecule has 0 unspecified atom stereocenters. The van der Waals surface area contributed by atoms with Crippen LogP contribution in [0.1, 0.15) is 43.1 Å². The SMILES string of the molecule is CCN(C(=O)c1n[nH]c(C(C)C)n1)C1CNC1. The number of hydrogen-bond donors (Lipinski definition) is 2. The maximum absolute atomic E-state index is 12.2. The molecule has 1 aromatic rings. The molecule has 6 heteroatoms. The minimum Gasteiger partial charge on any atom is -0.331 e. The van der Waals surface area contributed by atoms with E-state index in [1.54, 1.807) is 0 Å². The second-order valence-electron chi connectivity index (χ2n) is 4.60. The van der Waals surface area contributed by atoms with Crippen LogP contribution in [0.15, 0.2) is 0 Å². The van der Waals surface area contributed by atoms with Crippen molar-refractivity contribution < 1.29 is 4.79 Å². The number of carbonyl (C=O) groups excluding carboxylic acids is 1. The van der Waals surface area contributed by atoms with E-state index >= 15 is 0 Å². The summed E-state index contributed by atoms with van der Waals surface area (Å²) in [5.74, 6) is 1.21. The summed E-state index contributed by atoms with van der Waals surface area (Å²) in [7, 11) is 0. The maximum atomic E-state index is 12.2. The van der Waals surface area contributed by atoms with Gasteiger partial charge in [-0.3, -0.25) is 9.89 Å². The minimum absolute atomic E-state index is 0.0813. The summed E-state index contributed by atoms with van der Waals surface area (Å²) in [6.07, 6.45) is 0. The molecule has 0 bridgehead atoms. The molecular formula is C11H19N5O. The smallest absolute Gasteiger partial charge is 0.293 e. The minimum atomic E-state index is -0.0813. The van der Waals surface area contributed by atoms with Crippen molar-refractivity contribution in [3.05, 3.63) is 11.6 Å². The van der Waals surface area contributed by atoms with E-state index in [9.17, 15) is 4.79 Å². The van der Waals surface area contributed by atoms with Gasteiger partial charge in [0.15, 0.2) is 0 Å². The van der Waals surface area contributed by atoms with Crippen LogP contribution in [0, 0.1) is 0 Å². The summed E-state index contributed by atoms with van der Waals surface area (Å²) in [6, 6.07) is 0.286. The highest BCUT2D eigenvalue weighted by Gasteiger charge is 2.30. The molecule has 2 rings (SSSR count). The number of rotatable bonds is 4. The third kappa shape index (κ3) is 2.31. The molecule has 17 heavy (non-hydrogen) atoms. The summed E-state index contributed by atoms with van der Waals surface area (Å²) >= 11 is 0. The topological polar surface area (TPSA) is 73.9 Å². The maximum Gasteiger partial charge on any atom is 0.293 e. The molecule has 2 N–H and O–H groups in total. The number of likely N-dealkylation sites (N-methyl/N-ethyl adjacent to an activating group) is 1. The highest BCUT2D eigenvalue weighted by atomic mass is 16.2. The van der Waals surface area contributed by atoms with E-state index in [0.29, 0.717) is 6.54 Å². The Kier molecular flexibility index (Phi) is 3.42. The van der Waals surface area contributed by atoms with Crippen molar-refractivity contribution in [3.8, 4) is 0 Å². The Hall–Kier alpha value is -1.43. The molecule has 1 aliphatic rings. The average Bonchev–Trinajstić information content (AvgIpc) is 2.71. The summed E-state index contributed by atoms with van der Waals surface area (Å²) in [5.41, 5.74) is 0. The lowest BCUT2D eigenvalue weighted by Gasteiger charge is -2.36. The largest absolute Gasteiger partial charge is 0.331 e. The molecule has 0 atom stereocenters. The number of nitrogens with zero attached hydrogens (tertiary/aromatic N) is 3. The molecular weight excluding hydrogens is 218 g/mol. The predicted molar refractivity (Wildman–Crippen MR) is 63.8 cm³/mol. The van der Waals surface area contributed by atoms with E-state index in [2.05, 4.69) is 20.5 Å². The molecule has 0 aromatic carbocycles. The lowest BCUT2D eigenvalue weighted by molar-refractivity contribution is 0.0618. The molecule has 1 saturated heterocycles. The lowest BCUT2D eigenvalue weighted by Crippen LogP contribution is -2.58. The number of aromatic nitrogens is 3. The molecule has 0 radical (unpaired) electrons. The first-order valence-corrected chi connectivity index (χ1v) is 6.07. The summed E-state index contributed by atoms with van der Waals surface area (Å²) in [4.78, 5) is 18.3. The van der Waals surface area contributed by atoms with Crippen molar-refractivity contribution in [1.82, 2.24) is 25.4 Å². The van der Waals surface area contributed by atoms with Crippen LogP contribution in [0.2, 0.25) is 0 Å². The Labute approximate surface area is 101 Å². The number of amides is 1. The molecule has 1 aromatic heterocycles. The van der Waals surface area contributed by atoms with Gasteiger partial charge >= 0.3 is 0 Å². The predicted octanol–water partition coefficient (Wildman–Crippen LogP) is 0.362. The summed E-state index contributed by atoms with van der Waals surface area (Å²) in [5, 5.41) is 9.98. The Bertz CT molecular complexity index is 396. The molecule has 6 nitrogen and oxygen atoms in total. The van der Waals surface area contributed by atoms with Gasteiger partial charge in [-0.2, -0.15) is 0 Å². The van der Waals surface area contributed by atoms with Crippen LogP contribution >= 0.6 is 0 Å². The molecule has 0 spiro atoms. The fraction of sp³-hybridized carbons (Fsp3) is 0.727. The van der Waals surface area contributed by atoms with Crippen LogP contribution in [0.4, 0.5) is 0 Å². The summed E-state index contributed by atoms with van der Waals surface area (Å²) in [6.45, 7) is 8.43. The van der Waals surface area contributed by atoms with Gasteiger partial charge in [-0.15, -0.1) is 5.10 Å². The van der Waals surface area contributed by atoms with Crippen LogP contribution in [0.5, 0.6) is 0 Å². The molecule has 1 aliphatic heterocycles. The number of hydrogen-bond acceptors (Lipinski definition) is 4. The van der Waals surface area contributed by atoms with Crippen molar-refractivity contribution >= 4 is 5.91 Å². The van der Waals surface area contributed by atoms with Crippen LogP contribution < -0.4 is 5.32 Å². The average molecular weight is 237 g/mol. The van der Waals surface area contributed by atoms with Gasteiger partial charge in [0.05, 0.1) is 6.04 Å². The van der Waals surface area contributed by atoms with Gasteiger partial charge in [-0.1, -0.05) is 13.8 Å². The number of aromatic amines is 1. The van der Waals surface area contributed by atoms with Crippen LogP contribution in [0.3, 0.4) is 0 Å². The quantitative estimate of drug-likeness (QED) is 0.793. The van der Waals surface area contributed by atoms with E-state index in [4.69, 9.17) is 0 Å². The second-order valence-corrected chi connectivity index (χ2v) is 4.60. The first-order chi connectivity index (χ1) is 8.13. The van der Waals surface area contributed by atoms with E-state index in [0.717, 1.165) is 18.9 Å². The highest BCUT2D eigenvalue weighted by Crippen LogP contribution is 2.11. The lowest BCUT2D eigenvalue weighted by atomic mass is 10.1. The van der Waals surface area contributed by atoms with Gasteiger partial charge in [0.2, 0.25) is 5.82 Å². The molecule has 0 saturated carbocycles. The van der Waals surface area contributed by atoms with Crippen molar-refractivity contribution in [1.29, 1.82) is 0 Å². The zero-order valence-corrected chi connectivity index (χ0v) is 10.5. The van der Waals surface area contributed by atoms with Crippen molar-refractivity contribution in [2.45, 2.75) is 32.7 Å². The van der Waals surface area contributed by atoms with Gasteiger partial charge in [0.25, 0.3) is 5.91 Å². The second kappa shape index (κ2) is 4.83. The number of carbonyl (C=O) groups is 1. The first-order valence-electron chi connectivity index (χ1n) is 6.07. The van der Waals surface area contributed by atoms with Crippen LogP contribution in [-0.2, 0) is 0 Å². The molecule has 2 heterocycles. The molecule has 1 amide bonds. The Morgan fingerprint density at radius 2 is 2.24 bits per heavy atom. The fourth-order valence-electron chi connectivity index (χ4n) is 1.82. The Balaban J connectivity index is 2.11. The molecule has 94 valence electrons. The van der Waals surface area contributed by atoms with E-state index in [1.165, 1.54) is 0 Å². The van der Waals surface area contributed by atoms with E-state index < -0.39 is 0 Å². The number of nitrogens with one attached hydrogen (secondary N) is 2. The molecule has 1 fully saturated rings. The van der Waals surface area contributed by atoms with Gasteiger partial charge in [-0.05, 0) is 6.92 Å². The Morgan fingerprint density at radius 3 is 2.65 bits per heavy atom. The standard InChI is InChI=1S/C11H19N5O/c1-4-16(8-5-12-6-8)11(17)10-13-9(7(2)3)14-15-10/h7-8,12H,4-6H2,1-3H3,(H,13,14,15). The van der Waals surface area contributed by atoms with Gasteiger partial charge < -0.3 is 10.2 Å². The van der Waals surface area contributed by atoms with E-state index in [1.807, 2.05) is 25.7 Å². The third-order valence-electron chi connectivity index (χ3n) is 3.04. The van der Waals surface area contributed by atoms with Crippen LogP contribution in [-0.4, -0.2) is 51.7 Å². The van der Waals surface area contributed by atoms with Crippen molar-refractivity contribution in [2.24, 2.45) is 0 Å². The fourth-order valence-corrected chi connectivity index (χ4v) is 1.82.